The highest BCUT2D eigenvalue weighted by Crippen LogP contribution is 2.46. The molecule has 0 bridgehead atoms. The van der Waals surface area contributed by atoms with Crippen LogP contribution in [0.3, 0.4) is 0 Å². The van der Waals surface area contributed by atoms with Gasteiger partial charge < -0.3 is 24.1 Å². The Kier molecular flexibility index (Phi) is 4.44. The summed E-state index contributed by atoms with van der Waals surface area (Å²) in [5.74, 6) is 0.214. The van der Waals surface area contributed by atoms with Gasteiger partial charge in [-0.25, -0.2) is 9.18 Å². The molecule has 29 heavy (non-hydrogen) atoms. The van der Waals surface area contributed by atoms with E-state index < -0.39 is 11.7 Å². The maximum absolute atomic E-state index is 14.7. The Labute approximate surface area is 172 Å². The zero-order chi connectivity index (χ0) is 20.0. The lowest BCUT2D eigenvalue weighted by Gasteiger charge is -2.29. The van der Waals surface area contributed by atoms with Gasteiger partial charge in [-0.3, -0.25) is 4.90 Å². The highest BCUT2D eigenvalue weighted by molar-refractivity contribution is 7.80. The number of amides is 1. The molecule has 2 saturated heterocycles. The van der Waals surface area contributed by atoms with Crippen LogP contribution in [0.5, 0.6) is 0 Å². The van der Waals surface area contributed by atoms with Crippen LogP contribution in [0, 0.1) is 5.82 Å². The Hall–Kier alpha value is -2.65. The fraction of sp³-hybridized carbons (Fsp3) is 0.400. The molecule has 152 valence electrons. The molecule has 1 aliphatic carbocycles. The first-order chi connectivity index (χ1) is 14.1. The van der Waals surface area contributed by atoms with Crippen LogP contribution in [0.25, 0.3) is 0 Å². The number of morpholine rings is 1. The van der Waals surface area contributed by atoms with E-state index in [1.54, 1.807) is 30.5 Å². The fourth-order valence-corrected chi connectivity index (χ4v) is 4.17. The van der Waals surface area contributed by atoms with E-state index in [1.165, 1.54) is 11.0 Å². The van der Waals surface area contributed by atoms with Crippen LogP contribution in [0.4, 0.5) is 20.6 Å². The molecule has 5 rings (SSSR count). The summed E-state index contributed by atoms with van der Waals surface area (Å²) >= 11 is 5.33. The number of ether oxygens (including phenoxy) is 2. The lowest BCUT2D eigenvalue weighted by atomic mass is 10.2. The van der Waals surface area contributed by atoms with E-state index in [4.69, 9.17) is 26.1 Å². The van der Waals surface area contributed by atoms with Gasteiger partial charge in [0.15, 0.2) is 11.4 Å². The van der Waals surface area contributed by atoms with Crippen LogP contribution < -0.4 is 15.1 Å². The third-order valence-corrected chi connectivity index (χ3v) is 5.93. The number of benzene rings is 1. The molecule has 0 radical (unpaired) electrons. The number of carbonyl (C=O) groups is 1. The first-order valence-corrected chi connectivity index (χ1v) is 9.94. The van der Waals surface area contributed by atoms with Crippen molar-refractivity contribution in [2.24, 2.45) is 0 Å². The lowest BCUT2D eigenvalue weighted by molar-refractivity contribution is 0.122. The summed E-state index contributed by atoms with van der Waals surface area (Å²) in [4.78, 5) is 16.4. The van der Waals surface area contributed by atoms with Crippen molar-refractivity contribution in [3.05, 3.63) is 48.2 Å². The summed E-state index contributed by atoms with van der Waals surface area (Å²) in [6.07, 6.45) is 1.72. The first-order valence-electron chi connectivity index (χ1n) is 9.53. The normalized spacial score (nSPS) is 26.0. The Morgan fingerprint density at radius 3 is 2.83 bits per heavy atom. The van der Waals surface area contributed by atoms with Crippen molar-refractivity contribution in [2.75, 3.05) is 42.6 Å². The largest absolute Gasteiger partial charge is 0.462 e. The maximum Gasteiger partial charge on any atom is 0.415 e. The molecule has 3 heterocycles. The molecule has 2 aromatic rings. The van der Waals surface area contributed by atoms with Crippen molar-refractivity contribution >= 4 is 34.7 Å². The molecule has 1 saturated carbocycles. The summed E-state index contributed by atoms with van der Waals surface area (Å²) in [6, 6.07) is 8.30. The molecule has 9 heteroatoms. The number of carbonyl (C=O) groups excluding carboxylic acids is 1. The van der Waals surface area contributed by atoms with Crippen molar-refractivity contribution in [3.63, 3.8) is 0 Å². The number of furan rings is 1. The van der Waals surface area contributed by atoms with Crippen LogP contribution >= 0.6 is 12.2 Å². The van der Waals surface area contributed by atoms with Gasteiger partial charge in [-0.1, -0.05) is 12.2 Å². The molecule has 2 atom stereocenters. The summed E-state index contributed by atoms with van der Waals surface area (Å²) in [5.41, 5.74) is 0.363. The van der Waals surface area contributed by atoms with E-state index in [1.807, 2.05) is 4.90 Å². The van der Waals surface area contributed by atoms with Crippen molar-refractivity contribution in [3.8, 4) is 0 Å². The van der Waals surface area contributed by atoms with Crippen LogP contribution in [-0.2, 0) is 9.47 Å². The third-order valence-electron chi connectivity index (χ3n) is 5.61. The number of hydrogen-bond acceptors (Lipinski definition) is 6. The van der Waals surface area contributed by atoms with E-state index in [-0.39, 0.29) is 11.9 Å². The summed E-state index contributed by atoms with van der Waals surface area (Å²) in [7, 11) is 0. The average Bonchev–Trinajstić information content (AvgIpc) is 3.08. The highest BCUT2D eigenvalue weighted by atomic mass is 32.1. The van der Waals surface area contributed by atoms with Crippen LogP contribution in [0.2, 0.25) is 0 Å². The predicted octanol–water partition coefficient (Wildman–Crippen LogP) is 2.69. The lowest BCUT2D eigenvalue weighted by Crippen LogP contribution is -2.36. The minimum Gasteiger partial charge on any atom is -0.462 e. The molecule has 1 aromatic carbocycles. The monoisotopic (exact) mass is 417 g/mol. The third kappa shape index (κ3) is 3.34. The second-order valence-electron chi connectivity index (χ2n) is 7.46. The quantitative estimate of drug-likeness (QED) is 0.768. The summed E-state index contributed by atoms with van der Waals surface area (Å²) in [5, 5.41) is 3.19. The van der Waals surface area contributed by atoms with Crippen molar-refractivity contribution in [1.29, 1.82) is 0 Å². The van der Waals surface area contributed by atoms with Gasteiger partial charge in [0.1, 0.15) is 10.8 Å². The number of rotatable bonds is 4. The zero-order valence-corrected chi connectivity index (χ0v) is 16.4. The fourth-order valence-electron chi connectivity index (χ4n) is 3.91. The molecule has 1 aromatic heterocycles. The van der Waals surface area contributed by atoms with Crippen LogP contribution in [0.15, 0.2) is 41.0 Å². The Balaban J connectivity index is 1.27. The molecule has 7 nitrogen and oxygen atoms in total. The van der Waals surface area contributed by atoms with E-state index in [0.717, 1.165) is 0 Å². The van der Waals surface area contributed by atoms with Crippen LogP contribution in [-0.4, -0.2) is 55.6 Å². The Morgan fingerprint density at radius 1 is 1.28 bits per heavy atom. The standard InChI is InChI=1S/C20H20FN3O4S/c21-14-10-13(3-4-15(14)23-5-8-26-9-6-23)24-12-20(28-19(24)25)11-17(20)22-18(29)16-2-1-7-27-16/h1-4,7,10,17H,5-6,8-9,11-12H2,(H,22,29)/t17-,20?/m0/s1. The van der Waals surface area contributed by atoms with E-state index in [2.05, 4.69) is 5.32 Å². The molecule has 3 fully saturated rings. The Bertz CT molecular complexity index is 947. The number of anilines is 2. The number of nitrogens with zero attached hydrogens (tertiary/aromatic N) is 2. The minimum atomic E-state index is -0.646. The van der Waals surface area contributed by atoms with Gasteiger partial charge in [0.05, 0.1) is 43.4 Å². The molecule has 3 aliphatic rings. The Morgan fingerprint density at radius 2 is 2.10 bits per heavy atom. The van der Waals surface area contributed by atoms with E-state index in [9.17, 15) is 9.18 Å². The minimum absolute atomic E-state index is 0.0912. The van der Waals surface area contributed by atoms with Gasteiger partial charge in [-0.2, -0.15) is 0 Å². The SMILES string of the molecule is O=C1OC2(C[C@@H]2NC(=S)c2ccco2)CN1c1ccc(N2CCOCC2)c(F)c1. The second-order valence-corrected chi connectivity index (χ2v) is 7.87. The number of hydrogen-bond donors (Lipinski definition) is 1. The van der Waals surface area contributed by atoms with Gasteiger partial charge in [0, 0.05) is 19.5 Å². The number of nitrogens with one attached hydrogen (secondary N) is 1. The van der Waals surface area contributed by atoms with Crippen molar-refractivity contribution in [2.45, 2.75) is 18.1 Å². The van der Waals surface area contributed by atoms with Crippen LogP contribution in [0.1, 0.15) is 12.2 Å². The van der Waals surface area contributed by atoms with Crippen molar-refractivity contribution in [1.82, 2.24) is 5.32 Å². The number of thiocarbonyl (C=S) groups is 1. The van der Waals surface area contributed by atoms with Gasteiger partial charge in [0.2, 0.25) is 0 Å². The van der Waals surface area contributed by atoms with E-state index in [0.29, 0.717) is 61.4 Å². The predicted molar refractivity (Wildman–Crippen MR) is 108 cm³/mol. The first kappa shape index (κ1) is 18.4. The second kappa shape index (κ2) is 7.00. The average molecular weight is 417 g/mol. The molecule has 2 aliphatic heterocycles. The molecule has 1 N–H and O–H groups in total. The molecule has 1 unspecified atom stereocenters. The van der Waals surface area contributed by atoms with Crippen molar-refractivity contribution < 1.29 is 23.1 Å². The van der Waals surface area contributed by atoms with Gasteiger partial charge in [0.25, 0.3) is 0 Å². The molecular weight excluding hydrogens is 397 g/mol. The smallest absolute Gasteiger partial charge is 0.415 e. The maximum atomic E-state index is 14.7. The summed E-state index contributed by atoms with van der Waals surface area (Å²) in [6.45, 7) is 2.80. The van der Waals surface area contributed by atoms with Gasteiger partial charge in [-0.05, 0) is 30.3 Å². The van der Waals surface area contributed by atoms with Gasteiger partial charge in [-0.15, -0.1) is 0 Å². The number of halogens is 1. The molecule has 1 spiro atoms. The summed E-state index contributed by atoms with van der Waals surface area (Å²) < 4.78 is 31.0. The van der Waals surface area contributed by atoms with E-state index >= 15 is 0 Å². The molecular formula is C20H20FN3O4S. The molecule has 1 amide bonds. The highest BCUT2D eigenvalue weighted by Gasteiger charge is 2.64. The zero-order valence-electron chi connectivity index (χ0n) is 15.6. The topological polar surface area (TPSA) is 67.2 Å². The van der Waals surface area contributed by atoms with Gasteiger partial charge >= 0.3 is 6.09 Å².